The Morgan fingerprint density at radius 3 is 3.13 bits per heavy atom. The molecule has 0 aliphatic carbocycles. The largest absolute Gasteiger partial charge is 0.316 e. The Bertz CT molecular complexity index is 454. The van der Waals surface area contributed by atoms with E-state index in [1.165, 1.54) is 12.1 Å². The van der Waals surface area contributed by atoms with Crippen LogP contribution >= 0.6 is 15.9 Å². The summed E-state index contributed by atoms with van der Waals surface area (Å²) >= 11 is 3.55. The van der Waals surface area contributed by atoms with Crippen molar-refractivity contribution in [1.29, 1.82) is 0 Å². The molecule has 0 amide bonds. The molecular weight excluding hydrogens is 256 g/mol. The summed E-state index contributed by atoms with van der Waals surface area (Å²) in [5.41, 5.74) is 1.33. The maximum atomic E-state index is 11.8. The third-order valence-electron chi connectivity index (χ3n) is 3.44. The third-order valence-corrected chi connectivity index (χ3v) is 4.11. The summed E-state index contributed by atoms with van der Waals surface area (Å²) in [5.74, 6) is 1.13. The van der Waals surface area contributed by atoms with Gasteiger partial charge >= 0.3 is 0 Å². The van der Waals surface area contributed by atoms with E-state index in [2.05, 4.69) is 21.2 Å². The lowest BCUT2D eigenvalue weighted by atomic mass is 9.84. The molecule has 2 aliphatic heterocycles. The summed E-state index contributed by atoms with van der Waals surface area (Å²) in [7, 11) is 0. The molecule has 4 heteroatoms. The van der Waals surface area contributed by atoms with Crippen molar-refractivity contribution >= 4 is 15.9 Å². The molecule has 3 rings (SSSR count). The maximum Gasteiger partial charge on any atom is 0.250 e. The van der Waals surface area contributed by atoms with Crippen LogP contribution in [-0.2, 0) is 6.54 Å². The Balaban J connectivity index is 2.20. The number of hydrogen-bond acceptors (Lipinski definition) is 2. The molecule has 1 aromatic rings. The van der Waals surface area contributed by atoms with Gasteiger partial charge in [-0.15, -0.1) is 0 Å². The number of hydrogen-bond donors (Lipinski definition) is 1. The number of aromatic nitrogens is 1. The molecule has 15 heavy (non-hydrogen) atoms. The topological polar surface area (TPSA) is 34.0 Å². The smallest absolute Gasteiger partial charge is 0.250 e. The fraction of sp³-hybridized carbons (Fsp3) is 0.545. The second-order valence-electron chi connectivity index (χ2n) is 4.47. The molecule has 0 spiro atoms. The lowest BCUT2D eigenvalue weighted by Crippen LogP contribution is -2.45. The lowest BCUT2D eigenvalue weighted by molar-refractivity contribution is 0.256. The quantitative estimate of drug-likeness (QED) is 0.770. The van der Waals surface area contributed by atoms with Crippen molar-refractivity contribution in [2.24, 2.45) is 5.92 Å². The van der Waals surface area contributed by atoms with Gasteiger partial charge in [0.25, 0.3) is 5.56 Å². The van der Waals surface area contributed by atoms with Crippen LogP contribution in [0.25, 0.3) is 0 Å². The van der Waals surface area contributed by atoms with Gasteiger partial charge in [0.1, 0.15) is 0 Å². The van der Waals surface area contributed by atoms with Crippen LogP contribution in [0, 0.1) is 5.92 Å². The van der Waals surface area contributed by atoms with E-state index < -0.39 is 0 Å². The van der Waals surface area contributed by atoms with Gasteiger partial charge in [-0.1, -0.05) is 0 Å². The first-order valence-electron chi connectivity index (χ1n) is 5.35. The van der Waals surface area contributed by atoms with Crippen LogP contribution in [0.3, 0.4) is 0 Å². The Morgan fingerprint density at radius 2 is 2.27 bits per heavy atom. The molecule has 3 heterocycles. The molecule has 0 unspecified atom stereocenters. The average molecular weight is 269 g/mol. The molecule has 1 saturated heterocycles. The Labute approximate surface area is 96.6 Å². The summed E-state index contributed by atoms with van der Waals surface area (Å²) in [4.78, 5) is 11.8. The van der Waals surface area contributed by atoms with Crippen molar-refractivity contribution in [2.45, 2.75) is 18.9 Å². The van der Waals surface area contributed by atoms with E-state index in [0.29, 0.717) is 11.8 Å². The zero-order valence-corrected chi connectivity index (χ0v) is 9.96. The predicted octanol–water partition coefficient (Wildman–Crippen LogP) is 1.32. The second-order valence-corrected chi connectivity index (χ2v) is 5.33. The summed E-state index contributed by atoms with van der Waals surface area (Å²) in [6, 6.07) is 3.53. The molecule has 80 valence electrons. The molecule has 0 aromatic carbocycles. The van der Waals surface area contributed by atoms with E-state index in [1.807, 2.05) is 10.6 Å². The standard InChI is InChI=1S/C11H13BrN2O/c12-9-1-2-10(15)14-6-7-3-8(11(9)14)5-13-4-7/h1-2,7-8,13H,3-6H2/t7-,8+/m1/s1. The van der Waals surface area contributed by atoms with Crippen LogP contribution < -0.4 is 10.9 Å². The van der Waals surface area contributed by atoms with Crippen molar-refractivity contribution in [1.82, 2.24) is 9.88 Å². The zero-order chi connectivity index (χ0) is 10.4. The van der Waals surface area contributed by atoms with Crippen molar-refractivity contribution in [3.8, 4) is 0 Å². The molecule has 0 saturated carbocycles. The molecule has 2 atom stereocenters. The van der Waals surface area contributed by atoms with Gasteiger partial charge in [0.15, 0.2) is 0 Å². The SMILES string of the molecule is O=c1ccc(Br)c2n1C[C@H]1CNC[C@@H]2C1. The van der Waals surface area contributed by atoms with Gasteiger partial charge in [-0.3, -0.25) is 4.79 Å². The first-order chi connectivity index (χ1) is 7.25. The highest BCUT2D eigenvalue weighted by Crippen LogP contribution is 2.35. The molecule has 2 bridgehead atoms. The lowest BCUT2D eigenvalue weighted by Gasteiger charge is -2.37. The minimum atomic E-state index is 0.143. The van der Waals surface area contributed by atoms with E-state index in [-0.39, 0.29) is 5.56 Å². The highest BCUT2D eigenvalue weighted by molar-refractivity contribution is 9.10. The van der Waals surface area contributed by atoms with E-state index in [4.69, 9.17) is 0 Å². The highest BCUT2D eigenvalue weighted by Gasteiger charge is 2.31. The van der Waals surface area contributed by atoms with Crippen LogP contribution in [0.5, 0.6) is 0 Å². The minimum absolute atomic E-state index is 0.143. The molecule has 3 nitrogen and oxygen atoms in total. The third kappa shape index (κ3) is 1.47. The fourth-order valence-corrected chi connectivity index (χ4v) is 3.48. The first kappa shape index (κ1) is 9.60. The highest BCUT2D eigenvalue weighted by atomic mass is 79.9. The van der Waals surface area contributed by atoms with Gasteiger partial charge in [0.2, 0.25) is 0 Å². The Hall–Kier alpha value is -0.610. The monoisotopic (exact) mass is 268 g/mol. The summed E-state index contributed by atoms with van der Waals surface area (Å²) < 4.78 is 3.03. The Kier molecular flexibility index (Phi) is 2.21. The van der Waals surface area contributed by atoms with Gasteiger partial charge < -0.3 is 9.88 Å². The summed E-state index contributed by atoms with van der Waals surface area (Å²) in [5, 5.41) is 3.44. The number of piperidine rings is 1. The normalized spacial score (nSPS) is 28.6. The van der Waals surface area contributed by atoms with E-state index >= 15 is 0 Å². The van der Waals surface area contributed by atoms with Crippen LogP contribution in [0.15, 0.2) is 21.4 Å². The number of rotatable bonds is 0. The van der Waals surface area contributed by atoms with Gasteiger partial charge in [-0.2, -0.15) is 0 Å². The van der Waals surface area contributed by atoms with Crippen LogP contribution in [-0.4, -0.2) is 17.7 Å². The zero-order valence-electron chi connectivity index (χ0n) is 8.37. The number of fused-ring (bicyclic) bond motifs is 4. The Morgan fingerprint density at radius 1 is 1.40 bits per heavy atom. The van der Waals surface area contributed by atoms with Crippen molar-refractivity contribution < 1.29 is 0 Å². The first-order valence-corrected chi connectivity index (χ1v) is 6.15. The number of nitrogens with one attached hydrogen (secondary N) is 1. The van der Waals surface area contributed by atoms with E-state index in [0.717, 1.165) is 24.1 Å². The van der Waals surface area contributed by atoms with Crippen LogP contribution in [0.2, 0.25) is 0 Å². The summed E-state index contributed by atoms with van der Waals surface area (Å²) in [6.07, 6.45) is 1.22. The van der Waals surface area contributed by atoms with Crippen molar-refractivity contribution in [2.75, 3.05) is 13.1 Å². The van der Waals surface area contributed by atoms with E-state index in [9.17, 15) is 4.79 Å². The number of pyridine rings is 1. The van der Waals surface area contributed by atoms with Crippen LogP contribution in [0.1, 0.15) is 18.0 Å². The second kappa shape index (κ2) is 3.46. The van der Waals surface area contributed by atoms with Crippen molar-refractivity contribution in [3.05, 3.63) is 32.7 Å². The fourth-order valence-electron chi connectivity index (χ4n) is 2.81. The predicted molar refractivity (Wildman–Crippen MR) is 62.1 cm³/mol. The molecular formula is C11H13BrN2O. The molecule has 1 aromatic heterocycles. The van der Waals surface area contributed by atoms with Gasteiger partial charge in [-0.25, -0.2) is 0 Å². The summed E-state index contributed by atoms with van der Waals surface area (Å²) in [6.45, 7) is 2.92. The number of halogens is 1. The minimum Gasteiger partial charge on any atom is -0.316 e. The van der Waals surface area contributed by atoms with E-state index in [1.54, 1.807) is 6.07 Å². The van der Waals surface area contributed by atoms with Gasteiger partial charge in [0, 0.05) is 35.2 Å². The van der Waals surface area contributed by atoms with Gasteiger partial charge in [-0.05, 0) is 40.9 Å². The molecule has 1 fully saturated rings. The number of nitrogens with zero attached hydrogens (tertiary/aromatic N) is 1. The average Bonchev–Trinajstić information content (AvgIpc) is 2.24. The van der Waals surface area contributed by atoms with Crippen molar-refractivity contribution in [3.63, 3.8) is 0 Å². The maximum absolute atomic E-state index is 11.8. The molecule has 0 radical (unpaired) electrons. The van der Waals surface area contributed by atoms with Gasteiger partial charge in [0.05, 0.1) is 0 Å². The molecule has 2 aliphatic rings. The molecule has 1 N–H and O–H groups in total. The van der Waals surface area contributed by atoms with Crippen LogP contribution in [0.4, 0.5) is 0 Å².